The van der Waals surface area contributed by atoms with Gasteiger partial charge < -0.3 is 24.1 Å². The number of carbonyl (C=O) groups is 3. The molecule has 0 saturated heterocycles. The third kappa shape index (κ3) is 6.33. The summed E-state index contributed by atoms with van der Waals surface area (Å²) in [6.07, 6.45) is -2.77. The van der Waals surface area contributed by atoms with Crippen LogP contribution in [0.25, 0.3) is 0 Å². The summed E-state index contributed by atoms with van der Waals surface area (Å²) < 4.78 is 20.3. The van der Waals surface area contributed by atoms with Gasteiger partial charge in [0.1, 0.15) is 0 Å². The fraction of sp³-hybridized carbons (Fsp3) is 0.526. The summed E-state index contributed by atoms with van der Waals surface area (Å²) in [5, 5.41) is 10.5. The number of esters is 3. The first kappa shape index (κ1) is 22.6. The SMILES string of the molecule is CCOC(=O)CC(OCc1ccccc1)(C(=O)OCC)C(O)C(=O)OCC. The number of rotatable bonds is 11. The maximum Gasteiger partial charge on any atom is 0.342 e. The van der Waals surface area contributed by atoms with Crippen LogP contribution in [0.3, 0.4) is 0 Å². The van der Waals surface area contributed by atoms with E-state index in [1.165, 1.54) is 0 Å². The van der Waals surface area contributed by atoms with Crippen LogP contribution in [-0.2, 0) is 39.9 Å². The van der Waals surface area contributed by atoms with Gasteiger partial charge in [0.05, 0.1) is 32.8 Å². The van der Waals surface area contributed by atoms with Crippen LogP contribution in [-0.4, -0.2) is 54.5 Å². The Morgan fingerprint density at radius 2 is 1.56 bits per heavy atom. The number of hydrogen-bond donors (Lipinski definition) is 1. The number of hydrogen-bond acceptors (Lipinski definition) is 8. The maximum absolute atomic E-state index is 12.7. The summed E-state index contributed by atoms with van der Waals surface area (Å²) in [5.74, 6) is -2.96. The highest BCUT2D eigenvalue weighted by Crippen LogP contribution is 2.27. The van der Waals surface area contributed by atoms with E-state index < -0.39 is 36.0 Å². The summed E-state index contributed by atoms with van der Waals surface area (Å²) in [6.45, 7) is 4.56. The number of carbonyl (C=O) groups excluding carboxylic acids is 3. The van der Waals surface area contributed by atoms with Gasteiger partial charge in [0.25, 0.3) is 0 Å². The molecule has 0 amide bonds. The van der Waals surface area contributed by atoms with Gasteiger partial charge in [0, 0.05) is 0 Å². The van der Waals surface area contributed by atoms with E-state index in [2.05, 4.69) is 0 Å². The minimum absolute atomic E-state index is 0.0209. The Kier molecular flexibility index (Phi) is 9.46. The molecule has 8 nitrogen and oxygen atoms in total. The molecule has 0 aromatic heterocycles. The molecule has 0 bridgehead atoms. The van der Waals surface area contributed by atoms with E-state index in [-0.39, 0.29) is 26.4 Å². The molecule has 0 spiro atoms. The number of ether oxygens (including phenoxy) is 4. The molecule has 0 fully saturated rings. The van der Waals surface area contributed by atoms with E-state index in [0.29, 0.717) is 5.56 Å². The second kappa shape index (κ2) is 11.3. The molecular weight excluding hydrogens is 356 g/mol. The van der Waals surface area contributed by atoms with Crippen molar-refractivity contribution in [2.24, 2.45) is 0 Å². The lowest BCUT2D eigenvalue weighted by Gasteiger charge is -2.33. The first-order valence-electron chi connectivity index (χ1n) is 8.76. The van der Waals surface area contributed by atoms with Crippen LogP contribution in [0, 0.1) is 0 Å². The summed E-state index contributed by atoms with van der Waals surface area (Å²) in [7, 11) is 0. The van der Waals surface area contributed by atoms with Crippen LogP contribution in [0.4, 0.5) is 0 Å². The molecule has 27 heavy (non-hydrogen) atoms. The quantitative estimate of drug-likeness (QED) is 0.452. The summed E-state index contributed by atoms with van der Waals surface area (Å²) in [5.41, 5.74) is -1.62. The largest absolute Gasteiger partial charge is 0.466 e. The van der Waals surface area contributed by atoms with Gasteiger partial charge in [-0.1, -0.05) is 30.3 Å². The predicted molar refractivity (Wildman–Crippen MR) is 94.5 cm³/mol. The van der Waals surface area contributed by atoms with E-state index in [0.717, 1.165) is 0 Å². The second-order valence-corrected chi connectivity index (χ2v) is 5.52. The predicted octanol–water partition coefficient (Wildman–Crippen LogP) is 1.38. The average molecular weight is 382 g/mol. The average Bonchev–Trinajstić information content (AvgIpc) is 2.66. The zero-order valence-electron chi connectivity index (χ0n) is 15.8. The molecular formula is C19H26O8. The van der Waals surface area contributed by atoms with Gasteiger partial charge >= 0.3 is 17.9 Å². The summed E-state index contributed by atoms with van der Waals surface area (Å²) >= 11 is 0. The van der Waals surface area contributed by atoms with Crippen molar-refractivity contribution in [1.82, 2.24) is 0 Å². The van der Waals surface area contributed by atoms with E-state index in [1.54, 1.807) is 51.1 Å². The molecule has 1 aromatic carbocycles. The van der Waals surface area contributed by atoms with Gasteiger partial charge in [0.2, 0.25) is 5.60 Å². The summed E-state index contributed by atoms with van der Waals surface area (Å²) in [6, 6.07) is 8.79. The highest BCUT2D eigenvalue weighted by molar-refractivity contribution is 5.93. The molecule has 1 rings (SSSR count). The molecule has 0 aliphatic rings. The molecule has 150 valence electrons. The topological polar surface area (TPSA) is 108 Å². The Labute approximate surface area is 158 Å². The third-order valence-electron chi connectivity index (χ3n) is 3.62. The molecule has 0 heterocycles. The van der Waals surface area contributed by atoms with Crippen molar-refractivity contribution in [2.75, 3.05) is 19.8 Å². The number of aliphatic hydroxyl groups is 1. The van der Waals surface area contributed by atoms with Crippen molar-refractivity contribution in [2.45, 2.75) is 45.5 Å². The van der Waals surface area contributed by atoms with Crippen molar-refractivity contribution in [1.29, 1.82) is 0 Å². The highest BCUT2D eigenvalue weighted by atomic mass is 16.6. The van der Waals surface area contributed by atoms with Gasteiger partial charge in [-0.15, -0.1) is 0 Å². The Bertz CT molecular complexity index is 615. The number of benzene rings is 1. The molecule has 2 unspecified atom stereocenters. The van der Waals surface area contributed by atoms with Gasteiger partial charge in [-0.2, -0.15) is 0 Å². The first-order valence-corrected chi connectivity index (χ1v) is 8.76. The lowest BCUT2D eigenvalue weighted by molar-refractivity contribution is -0.206. The number of aliphatic hydroxyl groups excluding tert-OH is 1. The van der Waals surface area contributed by atoms with Crippen molar-refractivity contribution in [3.05, 3.63) is 35.9 Å². The van der Waals surface area contributed by atoms with Gasteiger partial charge in [-0.3, -0.25) is 4.79 Å². The normalized spacial score (nSPS) is 13.9. The van der Waals surface area contributed by atoms with Gasteiger partial charge in [0.15, 0.2) is 6.10 Å². The first-order chi connectivity index (χ1) is 12.9. The Morgan fingerprint density at radius 3 is 2.11 bits per heavy atom. The molecule has 2 atom stereocenters. The molecule has 0 aliphatic heterocycles. The Balaban J connectivity index is 3.24. The zero-order chi connectivity index (χ0) is 20.3. The maximum atomic E-state index is 12.7. The van der Waals surface area contributed by atoms with E-state index in [1.807, 2.05) is 0 Å². The van der Waals surface area contributed by atoms with Crippen LogP contribution >= 0.6 is 0 Å². The van der Waals surface area contributed by atoms with Gasteiger partial charge in [-0.05, 0) is 26.3 Å². The van der Waals surface area contributed by atoms with Crippen LogP contribution in [0.1, 0.15) is 32.8 Å². The van der Waals surface area contributed by atoms with Crippen LogP contribution < -0.4 is 0 Å². The van der Waals surface area contributed by atoms with Crippen molar-refractivity contribution in [3.63, 3.8) is 0 Å². The van der Waals surface area contributed by atoms with Crippen molar-refractivity contribution < 1.29 is 38.4 Å². The smallest absolute Gasteiger partial charge is 0.342 e. The van der Waals surface area contributed by atoms with E-state index >= 15 is 0 Å². The third-order valence-corrected chi connectivity index (χ3v) is 3.62. The monoisotopic (exact) mass is 382 g/mol. The highest BCUT2D eigenvalue weighted by Gasteiger charge is 2.54. The minimum atomic E-state index is -2.29. The van der Waals surface area contributed by atoms with E-state index in [9.17, 15) is 19.5 Å². The molecule has 0 aliphatic carbocycles. The molecule has 8 heteroatoms. The molecule has 1 aromatic rings. The lowest BCUT2D eigenvalue weighted by Crippen LogP contribution is -2.57. The van der Waals surface area contributed by atoms with Crippen LogP contribution in [0.2, 0.25) is 0 Å². The molecule has 1 N–H and O–H groups in total. The van der Waals surface area contributed by atoms with Crippen molar-refractivity contribution >= 4 is 17.9 Å². The Morgan fingerprint density at radius 1 is 0.963 bits per heavy atom. The fourth-order valence-electron chi connectivity index (χ4n) is 2.35. The zero-order valence-corrected chi connectivity index (χ0v) is 15.8. The van der Waals surface area contributed by atoms with E-state index in [4.69, 9.17) is 18.9 Å². The molecule has 0 radical (unpaired) electrons. The van der Waals surface area contributed by atoms with Crippen LogP contribution in [0.15, 0.2) is 30.3 Å². The van der Waals surface area contributed by atoms with Crippen LogP contribution in [0.5, 0.6) is 0 Å². The second-order valence-electron chi connectivity index (χ2n) is 5.52. The fourth-order valence-corrected chi connectivity index (χ4v) is 2.35. The minimum Gasteiger partial charge on any atom is -0.466 e. The lowest BCUT2D eigenvalue weighted by atomic mass is 9.91. The standard InChI is InChI=1S/C19H26O8/c1-4-24-15(20)12-19(18(23)26-6-3,16(21)17(22)25-5-2)27-13-14-10-8-7-9-11-14/h7-11,16,21H,4-6,12-13H2,1-3H3. The van der Waals surface area contributed by atoms with Gasteiger partial charge in [-0.25, -0.2) is 9.59 Å². The Hall–Kier alpha value is -2.45. The summed E-state index contributed by atoms with van der Waals surface area (Å²) in [4.78, 5) is 36.9. The molecule has 0 saturated carbocycles. The van der Waals surface area contributed by atoms with Crippen molar-refractivity contribution in [3.8, 4) is 0 Å².